The van der Waals surface area contributed by atoms with E-state index in [1.54, 1.807) is 0 Å². The van der Waals surface area contributed by atoms with Gasteiger partial charge in [0.2, 0.25) is 0 Å². The van der Waals surface area contributed by atoms with Gasteiger partial charge in [0.1, 0.15) is 0 Å². The zero-order valence-electron chi connectivity index (χ0n) is 12.9. The van der Waals surface area contributed by atoms with Crippen molar-refractivity contribution in [1.82, 2.24) is 10.2 Å². The third kappa shape index (κ3) is 3.18. The van der Waals surface area contributed by atoms with E-state index in [0.29, 0.717) is 5.54 Å². The van der Waals surface area contributed by atoms with E-state index in [4.69, 9.17) is 0 Å². The van der Waals surface area contributed by atoms with Gasteiger partial charge < -0.3 is 10.2 Å². The molecule has 0 aliphatic heterocycles. The molecule has 0 saturated heterocycles. The molecule has 19 heavy (non-hydrogen) atoms. The average Bonchev–Trinajstić information content (AvgIpc) is 2.83. The first-order chi connectivity index (χ1) is 9.05. The van der Waals surface area contributed by atoms with Crippen molar-refractivity contribution < 1.29 is 0 Å². The molecule has 0 heterocycles. The first kappa shape index (κ1) is 14.5. The Morgan fingerprint density at radius 2 is 1.68 bits per heavy atom. The van der Waals surface area contributed by atoms with Gasteiger partial charge in [-0.1, -0.05) is 31.0 Å². The molecule has 1 aromatic rings. The van der Waals surface area contributed by atoms with E-state index in [2.05, 4.69) is 56.4 Å². The average molecular weight is 260 g/mol. The van der Waals surface area contributed by atoms with Crippen LogP contribution in [0.15, 0.2) is 18.2 Å². The van der Waals surface area contributed by atoms with Crippen molar-refractivity contribution in [3.05, 3.63) is 34.9 Å². The standard InChI is InChI=1S/C17H28N2/c1-14-8-7-9-15(2)16(14)12-18-13-17(19(3)4)10-5-6-11-17/h7-9,18H,5-6,10-13H2,1-4H3. The highest BCUT2D eigenvalue weighted by molar-refractivity contribution is 5.33. The molecular weight excluding hydrogens is 232 g/mol. The molecular formula is C17H28N2. The van der Waals surface area contributed by atoms with Crippen LogP contribution in [0.1, 0.15) is 42.4 Å². The number of likely N-dealkylation sites (N-methyl/N-ethyl adjacent to an activating group) is 1. The van der Waals surface area contributed by atoms with Crippen LogP contribution in [0.25, 0.3) is 0 Å². The van der Waals surface area contributed by atoms with Crippen LogP contribution in [0, 0.1) is 13.8 Å². The number of nitrogens with one attached hydrogen (secondary N) is 1. The van der Waals surface area contributed by atoms with Gasteiger partial charge in [0.25, 0.3) is 0 Å². The Labute approximate surface area is 118 Å². The first-order valence-corrected chi connectivity index (χ1v) is 7.48. The van der Waals surface area contributed by atoms with Crippen LogP contribution in [0.2, 0.25) is 0 Å². The summed E-state index contributed by atoms with van der Waals surface area (Å²) in [5.41, 5.74) is 4.65. The minimum Gasteiger partial charge on any atom is -0.311 e. The zero-order valence-corrected chi connectivity index (χ0v) is 12.9. The number of hydrogen-bond acceptors (Lipinski definition) is 2. The van der Waals surface area contributed by atoms with Crippen molar-refractivity contribution in [2.75, 3.05) is 20.6 Å². The van der Waals surface area contributed by atoms with Crippen LogP contribution in [0.5, 0.6) is 0 Å². The minimum atomic E-state index is 0.386. The fourth-order valence-corrected chi connectivity index (χ4v) is 3.36. The maximum atomic E-state index is 3.71. The van der Waals surface area contributed by atoms with Crippen molar-refractivity contribution in [2.45, 2.75) is 51.6 Å². The second kappa shape index (κ2) is 6.06. The van der Waals surface area contributed by atoms with Crippen molar-refractivity contribution in [3.63, 3.8) is 0 Å². The largest absolute Gasteiger partial charge is 0.311 e. The van der Waals surface area contributed by atoms with Crippen molar-refractivity contribution in [3.8, 4) is 0 Å². The van der Waals surface area contributed by atoms with E-state index in [1.807, 2.05) is 0 Å². The van der Waals surface area contributed by atoms with Gasteiger partial charge in [0.05, 0.1) is 0 Å². The van der Waals surface area contributed by atoms with Gasteiger partial charge >= 0.3 is 0 Å². The highest BCUT2D eigenvalue weighted by Gasteiger charge is 2.35. The molecule has 1 aliphatic carbocycles. The minimum absolute atomic E-state index is 0.386. The van der Waals surface area contributed by atoms with Crippen molar-refractivity contribution in [1.29, 1.82) is 0 Å². The summed E-state index contributed by atoms with van der Waals surface area (Å²) in [6.07, 6.45) is 5.42. The lowest BCUT2D eigenvalue weighted by molar-refractivity contribution is 0.153. The van der Waals surface area contributed by atoms with Crippen LogP contribution in [-0.2, 0) is 6.54 Å². The molecule has 106 valence electrons. The number of rotatable bonds is 5. The van der Waals surface area contributed by atoms with Crippen LogP contribution >= 0.6 is 0 Å². The summed E-state index contributed by atoms with van der Waals surface area (Å²) in [6, 6.07) is 6.56. The van der Waals surface area contributed by atoms with E-state index < -0.39 is 0 Å². The van der Waals surface area contributed by atoms with E-state index in [0.717, 1.165) is 13.1 Å². The maximum absolute atomic E-state index is 3.71. The van der Waals surface area contributed by atoms with Gasteiger partial charge in [-0.25, -0.2) is 0 Å². The van der Waals surface area contributed by atoms with Crippen LogP contribution in [0.3, 0.4) is 0 Å². The summed E-state index contributed by atoms with van der Waals surface area (Å²) < 4.78 is 0. The molecule has 0 radical (unpaired) electrons. The van der Waals surface area contributed by atoms with Crippen LogP contribution in [-0.4, -0.2) is 31.1 Å². The lowest BCUT2D eigenvalue weighted by atomic mass is 9.95. The Kier molecular flexibility index (Phi) is 4.64. The normalized spacial score (nSPS) is 18.2. The molecule has 0 unspecified atom stereocenters. The topological polar surface area (TPSA) is 15.3 Å². The van der Waals surface area contributed by atoms with Crippen molar-refractivity contribution in [2.24, 2.45) is 0 Å². The highest BCUT2D eigenvalue weighted by atomic mass is 15.2. The second-order valence-corrected chi connectivity index (χ2v) is 6.30. The van der Waals surface area contributed by atoms with E-state index in [-0.39, 0.29) is 0 Å². The molecule has 2 rings (SSSR count). The summed E-state index contributed by atoms with van der Waals surface area (Å²) in [4.78, 5) is 2.43. The molecule has 1 aliphatic rings. The number of aryl methyl sites for hydroxylation is 2. The predicted octanol–water partition coefficient (Wildman–Crippen LogP) is 3.27. The van der Waals surface area contributed by atoms with Crippen molar-refractivity contribution >= 4 is 0 Å². The van der Waals surface area contributed by atoms with E-state index in [1.165, 1.54) is 42.4 Å². The molecule has 0 aromatic heterocycles. The van der Waals surface area contributed by atoms with E-state index >= 15 is 0 Å². The van der Waals surface area contributed by atoms with Gasteiger partial charge in [-0.05, 0) is 57.5 Å². The number of nitrogens with zero attached hydrogens (tertiary/aromatic N) is 1. The molecule has 2 heteroatoms. The summed E-state index contributed by atoms with van der Waals surface area (Å²) in [7, 11) is 4.46. The zero-order chi connectivity index (χ0) is 13.9. The quantitative estimate of drug-likeness (QED) is 0.874. The van der Waals surface area contributed by atoms with Gasteiger partial charge in [0.15, 0.2) is 0 Å². The molecule has 1 N–H and O–H groups in total. The maximum Gasteiger partial charge on any atom is 0.0328 e. The third-order valence-corrected chi connectivity index (χ3v) is 4.88. The summed E-state index contributed by atoms with van der Waals surface area (Å²) in [5.74, 6) is 0. The SMILES string of the molecule is Cc1cccc(C)c1CNCC1(N(C)C)CCCC1. The highest BCUT2D eigenvalue weighted by Crippen LogP contribution is 2.33. The molecule has 0 atom stereocenters. The lowest BCUT2D eigenvalue weighted by Crippen LogP contribution is -2.49. The van der Waals surface area contributed by atoms with E-state index in [9.17, 15) is 0 Å². The Morgan fingerprint density at radius 3 is 2.21 bits per heavy atom. The Bertz CT molecular complexity index is 397. The molecule has 1 aromatic carbocycles. The molecule has 0 amide bonds. The monoisotopic (exact) mass is 260 g/mol. The van der Waals surface area contributed by atoms with Crippen LogP contribution in [0.4, 0.5) is 0 Å². The summed E-state index contributed by atoms with van der Waals surface area (Å²) >= 11 is 0. The summed E-state index contributed by atoms with van der Waals surface area (Å²) in [6.45, 7) is 6.52. The molecule has 1 fully saturated rings. The first-order valence-electron chi connectivity index (χ1n) is 7.48. The Balaban J connectivity index is 1.96. The fourth-order valence-electron chi connectivity index (χ4n) is 3.36. The fraction of sp³-hybridized carbons (Fsp3) is 0.647. The second-order valence-electron chi connectivity index (χ2n) is 6.30. The predicted molar refractivity (Wildman–Crippen MR) is 82.5 cm³/mol. The Morgan fingerprint density at radius 1 is 1.11 bits per heavy atom. The van der Waals surface area contributed by atoms with Gasteiger partial charge in [0, 0.05) is 18.6 Å². The van der Waals surface area contributed by atoms with Gasteiger partial charge in [-0.2, -0.15) is 0 Å². The smallest absolute Gasteiger partial charge is 0.0328 e. The third-order valence-electron chi connectivity index (χ3n) is 4.88. The van der Waals surface area contributed by atoms with Gasteiger partial charge in [-0.3, -0.25) is 0 Å². The van der Waals surface area contributed by atoms with Gasteiger partial charge in [-0.15, -0.1) is 0 Å². The molecule has 0 spiro atoms. The molecule has 0 bridgehead atoms. The number of hydrogen-bond donors (Lipinski definition) is 1. The van der Waals surface area contributed by atoms with Crippen LogP contribution < -0.4 is 5.32 Å². The Hall–Kier alpha value is -0.860. The molecule has 2 nitrogen and oxygen atoms in total. The summed E-state index contributed by atoms with van der Waals surface area (Å²) in [5, 5.41) is 3.71. The number of benzene rings is 1. The molecule has 1 saturated carbocycles. The lowest BCUT2D eigenvalue weighted by Gasteiger charge is -2.36.